The molecule has 25 heavy (non-hydrogen) atoms. The summed E-state index contributed by atoms with van der Waals surface area (Å²) in [6.07, 6.45) is 4.41. The highest BCUT2D eigenvalue weighted by molar-refractivity contribution is 6.44. The van der Waals surface area contributed by atoms with Crippen LogP contribution in [0.15, 0.2) is 12.1 Å². The first-order valence-corrected chi connectivity index (χ1v) is 8.55. The average Bonchev–Trinajstić information content (AvgIpc) is 2.83. The maximum Gasteiger partial charge on any atom is 0.156 e. The van der Waals surface area contributed by atoms with Crippen LogP contribution in [0.25, 0.3) is 5.57 Å². The number of fused-ring (bicyclic) bond motifs is 3. The van der Waals surface area contributed by atoms with E-state index in [0.717, 1.165) is 18.4 Å². The van der Waals surface area contributed by atoms with E-state index < -0.39 is 5.60 Å². The van der Waals surface area contributed by atoms with Gasteiger partial charge in [-0.2, -0.15) is 0 Å². The maximum atomic E-state index is 11.9. The third-order valence-electron chi connectivity index (χ3n) is 4.32. The zero-order chi connectivity index (χ0) is 17.5. The summed E-state index contributed by atoms with van der Waals surface area (Å²) in [7, 11) is 0. The molecule has 3 rings (SSSR count). The van der Waals surface area contributed by atoms with Crippen molar-refractivity contribution in [3.05, 3.63) is 27.8 Å². The zero-order valence-electron chi connectivity index (χ0n) is 13.7. The van der Waals surface area contributed by atoms with E-state index in [1.54, 1.807) is 12.1 Å². The van der Waals surface area contributed by atoms with Crippen molar-refractivity contribution in [2.24, 2.45) is 5.73 Å². The van der Waals surface area contributed by atoms with Gasteiger partial charge >= 0.3 is 0 Å². The second-order valence-electron chi connectivity index (χ2n) is 6.06. The van der Waals surface area contributed by atoms with Crippen molar-refractivity contribution in [3.8, 4) is 11.5 Å². The lowest BCUT2D eigenvalue weighted by Gasteiger charge is -2.32. The third kappa shape index (κ3) is 3.46. The number of ketones is 1. The Morgan fingerprint density at radius 1 is 1.44 bits per heavy atom. The van der Waals surface area contributed by atoms with Gasteiger partial charge in [0.15, 0.2) is 5.78 Å². The van der Waals surface area contributed by atoms with Crippen LogP contribution in [0.3, 0.4) is 0 Å². The molecule has 0 radical (unpaired) electrons. The van der Waals surface area contributed by atoms with Gasteiger partial charge in [-0.3, -0.25) is 10.2 Å². The minimum absolute atomic E-state index is 0. The topological polar surface area (TPSA) is 85.4 Å². The lowest BCUT2D eigenvalue weighted by atomic mass is 9.78. The molecule has 0 saturated carbocycles. The molecule has 0 aromatic heterocycles. The molecular formula is C17H19Cl3N2O3. The summed E-state index contributed by atoms with van der Waals surface area (Å²) in [5.41, 5.74) is 6.26. The van der Waals surface area contributed by atoms with Gasteiger partial charge in [0.05, 0.1) is 5.02 Å². The first kappa shape index (κ1) is 19.9. The summed E-state index contributed by atoms with van der Waals surface area (Å²) in [4.78, 5) is 11.9. The Balaban J connectivity index is 0.00000225. The molecule has 1 heterocycles. The molecule has 0 fully saturated rings. The SMILES string of the molecule is CCCC12CCC(=O)C=C1c1c(cc(OCC(=N)N)c(Cl)c1Cl)O2.Cl. The molecule has 136 valence electrons. The third-order valence-corrected chi connectivity index (χ3v) is 5.17. The summed E-state index contributed by atoms with van der Waals surface area (Å²) in [5.74, 6) is 0.815. The summed E-state index contributed by atoms with van der Waals surface area (Å²) in [6.45, 7) is 1.99. The minimum atomic E-state index is -0.531. The molecular weight excluding hydrogens is 387 g/mol. The van der Waals surface area contributed by atoms with Gasteiger partial charge in [-0.25, -0.2) is 0 Å². The van der Waals surface area contributed by atoms with Crippen LogP contribution in [0.2, 0.25) is 10.0 Å². The molecule has 1 aromatic carbocycles. The highest BCUT2D eigenvalue weighted by Gasteiger charge is 2.47. The quantitative estimate of drug-likeness (QED) is 0.561. The second kappa shape index (κ2) is 7.44. The molecule has 2 aliphatic rings. The largest absolute Gasteiger partial charge is 0.484 e. The monoisotopic (exact) mass is 404 g/mol. The number of hydrogen-bond acceptors (Lipinski definition) is 4. The highest BCUT2D eigenvalue weighted by atomic mass is 35.5. The van der Waals surface area contributed by atoms with E-state index in [1.165, 1.54) is 0 Å². The van der Waals surface area contributed by atoms with Crippen molar-refractivity contribution >= 4 is 52.8 Å². The van der Waals surface area contributed by atoms with E-state index in [-0.39, 0.29) is 35.7 Å². The van der Waals surface area contributed by atoms with Gasteiger partial charge in [0, 0.05) is 23.6 Å². The van der Waals surface area contributed by atoms with Crippen LogP contribution in [0.5, 0.6) is 11.5 Å². The molecule has 0 spiro atoms. The van der Waals surface area contributed by atoms with Gasteiger partial charge in [0.25, 0.3) is 0 Å². The van der Waals surface area contributed by atoms with Crippen molar-refractivity contribution in [2.75, 3.05) is 6.61 Å². The Bertz CT molecular complexity index is 764. The van der Waals surface area contributed by atoms with Gasteiger partial charge in [0.2, 0.25) is 0 Å². The summed E-state index contributed by atoms with van der Waals surface area (Å²) in [6, 6.07) is 1.66. The molecule has 0 amide bonds. The highest BCUT2D eigenvalue weighted by Crippen LogP contribution is 2.56. The van der Waals surface area contributed by atoms with Gasteiger partial charge in [-0.15, -0.1) is 12.4 Å². The van der Waals surface area contributed by atoms with Gasteiger partial charge < -0.3 is 15.2 Å². The van der Waals surface area contributed by atoms with Gasteiger partial charge in [-0.05, 0) is 18.9 Å². The molecule has 5 nitrogen and oxygen atoms in total. The van der Waals surface area contributed by atoms with Gasteiger partial charge in [0.1, 0.15) is 34.6 Å². The molecule has 1 aromatic rings. The lowest BCUT2D eigenvalue weighted by molar-refractivity contribution is -0.115. The van der Waals surface area contributed by atoms with Crippen molar-refractivity contribution in [2.45, 2.75) is 38.2 Å². The fraction of sp³-hybridized carbons (Fsp3) is 0.412. The molecule has 1 aliphatic carbocycles. The molecule has 1 unspecified atom stereocenters. The van der Waals surface area contributed by atoms with E-state index in [9.17, 15) is 4.79 Å². The summed E-state index contributed by atoms with van der Waals surface area (Å²) in [5, 5.41) is 7.79. The zero-order valence-corrected chi connectivity index (χ0v) is 16.0. The van der Waals surface area contributed by atoms with E-state index >= 15 is 0 Å². The Morgan fingerprint density at radius 3 is 2.80 bits per heavy atom. The van der Waals surface area contributed by atoms with Crippen molar-refractivity contribution < 1.29 is 14.3 Å². The number of ether oxygens (including phenoxy) is 2. The van der Waals surface area contributed by atoms with E-state index in [0.29, 0.717) is 34.9 Å². The average molecular weight is 406 g/mol. The van der Waals surface area contributed by atoms with E-state index in [4.69, 9.17) is 43.8 Å². The lowest BCUT2D eigenvalue weighted by Crippen LogP contribution is -2.36. The van der Waals surface area contributed by atoms with Crippen molar-refractivity contribution in [3.63, 3.8) is 0 Å². The minimum Gasteiger partial charge on any atom is -0.484 e. The fourth-order valence-corrected chi connectivity index (χ4v) is 3.82. The van der Waals surface area contributed by atoms with Crippen LogP contribution in [-0.4, -0.2) is 23.8 Å². The number of rotatable bonds is 5. The van der Waals surface area contributed by atoms with Crippen LogP contribution in [0.4, 0.5) is 0 Å². The molecule has 3 N–H and O–H groups in total. The number of halogens is 3. The summed E-state index contributed by atoms with van der Waals surface area (Å²) >= 11 is 12.8. The van der Waals surface area contributed by atoms with Crippen LogP contribution < -0.4 is 15.2 Å². The van der Waals surface area contributed by atoms with Crippen molar-refractivity contribution in [1.29, 1.82) is 5.41 Å². The first-order chi connectivity index (χ1) is 11.4. The number of carbonyl (C=O) groups is 1. The number of hydrogen-bond donors (Lipinski definition) is 2. The molecule has 0 saturated heterocycles. The number of nitrogens with two attached hydrogens (primary N) is 1. The Hall–Kier alpha value is -1.43. The van der Waals surface area contributed by atoms with Gasteiger partial charge in [-0.1, -0.05) is 36.5 Å². The van der Waals surface area contributed by atoms with E-state index in [1.807, 2.05) is 0 Å². The van der Waals surface area contributed by atoms with Crippen LogP contribution >= 0.6 is 35.6 Å². The van der Waals surface area contributed by atoms with Crippen molar-refractivity contribution in [1.82, 2.24) is 0 Å². The predicted molar refractivity (Wildman–Crippen MR) is 102 cm³/mol. The molecule has 1 aliphatic heterocycles. The fourth-order valence-electron chi connectivity index (χ4n) is 3.33. The second-order valence-corrected chi connectivity index (χ2v) is 6.82. The standard InChI is InChI=1S/C17H18Cl2N2O3.ClH/c1-2-4-17-5-3-9(22)6-10(17)14-11(24-17)7-12(15(18)16(14)19)23-8-13(20)21;/h6-7H,2-5,8H2,1H3,(H3,20,21);1H. The van der Waals surface area contributed by atoms with E-state index in [2.05, 4.69) is 6.92 Å². The van der Waals surface area contributed by atoms with Crippen LogP contribution in [0, 0.1) is 5.41 Å². The number of nitrogens with one attached hydrogen (secondary N) is 1. The predicted octanol–water partition coefficient (Wildman–Crippen LogP) is 4.41. The first-order valence-electron chi connectivity index (χ1n) is 7.80. The Labute approximate surface area is 162 Å². The number of carbonyl (C=O) groups excluding carboxylic acids is 1. The maximum absolute atomic E-state index is 11.9. The van der Waals surface area contributed by atoms with Crippen LogP contribution in [0.1, 0.15) is 38.2 Å². The summed E-state index contributed by atoms with van der Waals surface area (Å²) < 4.78 is 11.7. The number of benzene rings is 1. The Morgan fingerprint density at radius 2 is 2.16 bits per heavy atom. The Kier molecular flexibility index (Phi) is 5.92. The number of amidine groups is 1. The normalized spacial score (nSPS) is 20.8. The van der Waals surface area contributed by atoms with Crippen LogP contribution in [-0.2, 0) is 4.79 Å². The smallest absolute Gasteiger partial charge is 0.156 e. The molecule has 8 heteroatoms. The number of allylic oxidation sites excluding steroid dienone is 1. The molecule has 1 atom stereocenters. The molecule has 0 bridgehead atoms.